The molecule has 3 heterocycles. The summed E-state index contributed by atoms with van der Waals surface area (Å²) in [6.07, 6.45) is -0.582. The van der Waals surface area contributed by atoms with Gasteiger partial charge in [-0.2, -0.15) is 0 Å². The molecule has 15 nitrogen and oxygen atoms in total. The minimum absolute atomic E-state index is 0.0978. The molecule has 0 radical (unpaired) electrons. The highest BCUT2D eigenvalue weighted by molar-refractivity contribution is 7.61. The number of imidazole rings is 1. The van der Waals surface area contributed by atoms with E-state index in [9.17, 15) is 19.7 Å². The summed E-state index contributed by atoms with van der Waals surface area (Å²) in [4.78, 5) is 39.3. The largest absolute Gasteiger partial charge is 0.477 e. The molecule has 5 atom stereocenters. The molecule has 17 heteroatoms. The van der Waals surface area contributed by atoms with E-state index < -0.39 is 45.7 Å². The fourth-order valence-corrected chi connectivity index (χ4v) is 5.02. The fourth-order valence-electron chi connectivity index (χ4n) is 3.08. The van der Waals surface area contributed by atoms with E-state index in [1.807, 2.05) is 0 Å². The minimum atomic E-state index is -5.22. The molecule has 0 bridgehead atoms. The summed E-state index contributed by atoms with van der Waals surface area (Å²) < 4.78 is 26.9. The van der Waals surface area contributed by atoms with Crippen molar-refractivity contribution in [2.24, 2.45) is 0 Å². The molecule has 0 aromatic carbocycles. The summed E-state index contributed by atoms with van der Waals surface area (Å²) in [5.74, 6) is 0.0978. The zero-order chi connectivity index (χ0) is 21.2. The Kier molecular flexibility index (Phi) is 4.68. The van der Waals surface area contributed by atoms with Gasteiger partial charge >= 0.3 is 15.6 Å². The van der Waals surface area contributed by atoms with Gasteiger partial charge < -0.3 is 35.4 Å². The van der Waals surface area contributed by atoms with Crippen molar-refractivity contribution in [3.05, 3.63) is 24.8 Å². The Morgan fingerprint density at radius 3 is 2.52 bits per heavy atom. The van der Waals surface area contributed by atoms with E-state index in [0.717, 1.165) is 0 Å². The summed E-state index contributed by atoms with van der Waals surface area (Å²) in [6, 6.07) is 0. The van der Waals surface area contributed by atoms with Gasteiger partial charge in [0.25, 0.3) is 0 Å². The number of phosphoric acid groups is 1. The van der Waals surface area contributed by atoms with Gasteiger partial charge in [0.2, 0.25) is 0 Å². The van der Waals surface area contributed by atoms with E-state index in [2.05, 4.69) is 19.3 Å². The number of hydrogen-bond acceptors (Lipinski definition) is 11. The maximum atomic E-state index is 10.9. The van der Waals surface area contributed by atoms with Gasteiger partial charge in [-0.1, -0.05) is 0 Å². The Hall–Kier alpha value is -1.77. The highest BCUT2D eigenvalue weighted by Crippen LogP contribution is 2.63. The van der Waals surface area contributed by atoms with Crippen LogP contribution in [0.5, 0.6) is 0 Å². The summed E-state index contributed by atoms with van der Waals surface area (Å²) in [6.45, 7) is 0. The highest BCUT2D eigenvalue weighted by Gasteiger charge is 2.59. The zero-order valence-corrected chi connectivity index (χ0v) is 16.0. The van der Waals surface area contributed by atoms with Crippen LogP contribution >= 0.6 is 15.6 Å². The van der Waals surface area contributed by atoms with Gasteiger partial charge in [-0.3, -0.25) is 9.09 Å². The van der Waals surface area contributed by atoms with Gasteiger partial charge in [-0.05, 0) is 12.2 Å². The van der Waals surface area contributed by atoms with Crippen molar-refractivity contribution in [3.8, 4) is 0 Å². The second-order valence-electron chi connectivity index (χ2n) is 6.38. The number of hydrogen-bond donors (Lipinski definition) is 7. The number of nitrogens with zero attached hydrogens (tertiary/aromatic N) is 4. The number of ether oxygens (including phenoxy) is 1. The Balaban J connectivity index is 1.60. The molecular formula is C12H16N6O9P2. The third-order valence-electron chi connectivity index (χ3n) is 4.34. The first-order valence-corrected chi connectivity index (χ1v) is 11.0. The van der Waals surface area contributed by atoms with Crippen LogP contribution in [-0.2, 0) is 18.1 Å². The first-order chi connectivity index (χ1) is 13.4. The van der Waals surface area contributed by atoms with Crippen molar-refractivity contribution < 1.29 is 43.0 Å². The monoisotopic (exact) mass is 450 g/mol. The van der Waals surface area contributed by atoms with Crippen LogP contribution in [0.4, 0.5) is 5.82 Å². The van der Waals surface area contributed by atoms with Crippen LogP contribution in [0.3, 0.4) is 0 Å². The Bertz CT molecular complexity index is 1080. The Morgan fingerprint density at radius 2 is 1.90 bits per heavy atom. The van der Waals surface area contributed by atoms with Crippen molar-refractivity contribution in [1.82, 2.24) is 19.5 Å². The van der Waals surface area contributed by atoms with Crippen LogP contribution in [0.1, 0.15) is 6.23 Å². The molecular weight excluding hydrogens is 434 g/mol. The van der Waals surface area contributed by atoms with E-state index in [1.165, 1.54) is 29.4 Å². The smallest absolute Gasteiger partial charge is 0.387 e. The molecule has 29 heavy (non-hydrogen) atoms. The average molecular weight is 450 g/mol. The fraction of sp³-hybridized carbons (Fsp3) is 0.417. The standard InChI is InChI=1S/C12H16N6O9P2/c13-9-5-10(16-3-15-9)18(4-17-5)11-7(20)6(19)8(25-11)12(1-2-12)26-28(14,21)27-29(22,23)24/h1-4,6-8,11,19-20H,(H2,14,21)(H2,13,15,16)(H2,22,23,24)/t6-,7+,8-,11+,28?/m0/s1. The molecule has 2 aliphatic rings. The maximum Gasteiger partial charge on any atom is 0.477 e. The summed E-state index contributed by atoms with van der Waals surface area (Å²) >= 11 is 0. The number of aliphatic hydroxyl groups excluding tert-OH is 2. The highest BCUT2D eigenvalue weighted by atomic mass is 31.3. The molecule has 2 aromatic heterocycles. The normalized spacial score (nSPS) is 30.5. The third-order valence-corrected chi connectivity index (χ3v) is 6.64. The topological polar surface area (TPSA) is 239 Å². The van der Waals surface area contributed by atoms with Gasteiger partial charge in [0.05, 0.1) is 6.33 Å². The van der Waals surface area contributed by atoms with Crippen molar-refractivity contribution in [1.29, 1.82) is 5.16 Å². The first kappa shape index (κ1) is 20.5. The lowest BCUT2D eigenvalue weighted by atomic mass is 10.0. The molecule has 2 aromatic rings. The number of nitrogen functional groups attached to an aromatic ring is 1. The molecule has 1 aliphatic heterocycles. The van der Waals surface area contributed by atoms with Gasteiger partial charge in [0.15, 0.2) is 17.7 Å². The number of aliphatic hydroxyl groups is 2. The van der Waals surface area contributed by atoms with E-state index in [-0.39, 0.29) is 17.0 Å². The molecule has 1 fully saturated rings. The third kappa shape index (κ3) is 3.73. The Morgan fingerprint density at radius 1 is 1.21 bits per heavy atom. The number of anilines is 1. The lowest BCUT2D eigenvalue weighted by Gasteiger charge is -2.29. The van der Waals surface area contributed by atoms with Crippen LogP contribution < -0.4 is 5.73 Å². The second-order valence-corrected chi connectivity index (χ2v) is 9.24. The van der Waals surface area contributed by atoms with Crippen LogP contribution in [0.2, 0.25) is 0 Å². The van der Waals surface area contributed by atoms with Gasteiger partial charge in [-0.15, -0.1) is 0 Å². The predicted molar refractivity (Wildman–Crippen MR) is 93.6 cm³/mol. The number of fused-ring (bicyclic) bond motifs is 1. The summed E-state index contributed by atoms with van der Waals surface area (Å²) in [5.41, 5.74) is 4.49. The molecule has 1 aliphatic carbocycles. The SMILES string of the molecule is N=P(O)(OC1([C@H]2O[C@@H](n3cnc4c(N)ncnc43)[C@H](O)[C@@H]2O)C=C1)OP(=O)(O)O. The van der Waals surface area contributed by atoms with Crippen LogP contribution in [-0.4, -0.2) is 68.3 Å². The van der Waals surface area contributed by atoms with Crippen molar-refractivity contribution in [2.45, 2.75) is 30.1 Å². The lowest BCUT2D eigenvalue weighted by molar-refractivity contribution is -0.0803. The number of rotatable bonds is 6. The van der Waals surface area contributed by atoms with Gasteiger partial charge in [0, 0.05) is 0 Å². The number of nitrogens with two attached hydrogens (primary N) is 1. The first-order valence-electron chi connectivity index (χ1n) is 7.92. The molecule has 4 rings (SSSR count). The van der Waals surface area contributed by atoms with Crippen molar-refractivity contribution in [3.63, 3.8) is 0 Å². The zero-order valence-electron chi connectivity index (χ0n) is 14.2. The average Bonchev–Trinajstić information content (AvgIpc) is 3.09. The van der Waals surface area contributed by atoms with Crippen LogP contribution in [0.15, 0.2) is 24.8 Å². The Labute approximate surface area is 161 Å². The van der Waals surface area contributed by atoms with Gasteiger partial charge in [0.1, 0.15) is 35.8 Å². The molecule has 158 valence electrons. The van der Waals surface area contributed by atoms with Crippen LogP contribution in [0.25, 0.3) is 11.2 Å². The van der Waals surface area contributed by atoms with E-state index in [1.54, 1.807) is 0 Å². The predicted octanol–water partition coefficient (Wildman–Crippen LogP) is -1.02. The quantitative estimate of drug-likeness (QED) is 0.206. The summed E-state index contributed by atoms with van der Waals surface area (Å²) in [7, 11) is -9.97. The lowest BCUT2D eigenvalue weighted by Crippen LogP contribution is -2.42. The van der Waals surface area contributed by atoms with Gasteiger partial charge in [-0.25, -0.2) is 29.0 Å². The van der Waals surface area contributed by atoms with Crippen LogP contribution in [0, 0.1) is 5.16 Å². The van der Waals surface area contributed by atoms with E-state index in [4.69, 9.17) is 29.9 Å². The number of aromatic nitrogens is 4. The molecule has 1 unspecified atom stereocenters. The molecule has 0 amide bonds. The second kappa shape index (κ2) is 6.62. The molecule has 1 saturated heterocycles. The minimum Gasteiger partial charge on any atom is -0.387 e. The molecule has 0 spiro atoms. The molecule has 0 saturated carbocycles. The van der Waals surface area contributed by atoms with Crippen molar-refractivity contribution >= 4 is 32.5 Å². The molecule has 8 N–H and O–H groups in total. The van der Waals surface area contributed by atoms with Crippen molar-refractivity contribution in [2.75, 3.05) is 5.73 Å². The maximum absolute atomic E-state index is 10.9. The summed E-state index contributed by atoms with van der Waals surface area (Å²) in [5, 5.41) is 28.4. The van der Waals surface area contributed by atoms with E-state index in [0.29, 0.717) is 0 Å². The van der Waals surface area contributed by atoms with E-state index >= 15 is 0 Å². The number of nitrogens with one attached hydrogen (secondary N) is 1.